The van der Waals surface area contributed by atoms with E-state index in [4.69, 9.17) is 4.74 Å². The van der Waals surface area contributed by atoms with E-state index in [1.807, 2.05) is 0 Å². The highest BCUT2D eigenvalue weighted by Gasteiger charge is 2.36. The zero-order valence-electron chi connectivity index (χ0n) is 11.3. The molecule has 1 saturated carbocycles. The SMILES string of the molecule is COC1CCC(Nc2ccc([N+](=O)[O-])cc2C(F)(F)F)C1. The summed E-state index contributed by atoms with van der Waals surface area (Å²) in [5, 5.41) is 13.4. The number of non-ortho nitro benzene ring substituents is 1. The molecule has 1 N–H and O–H groups in total. The summed E-state index contributed by atoms with van der Waals surface area (Å²) in [6, 6.07) is 2.62. The molecule has 2 atom stereocenters. The lowest BCUT2D eigenvalue weighted by Crippen LogP contribution is -2.20. The Bertz CT molecular complexity index is 534. The summed E-state index contributed by atoms with van der Waals surface area (Å²) in [5.74, 6) is 0. The maximum atomic E-state index is 13.0. The van der Waals surface area contributed by atoms with Crippen LogP contribution in [0.3, 0.4) is 0 Å². The van der Waals surface area contributed by atoms with Crippen molar-refractivity contribution in [3.63, 3.8) is 0 Å². The number of nitrogens with one attached hydrogen (secondary N) is 1. The highest BCUT2D eigenvalue weighted by molar-refractivity contribution is 5.58. The van der Waals surface area contributed by atoms with Crippen LogP contribution in [0.4, 0.5) is 24.5 Å². The van der Waals surface area contributed by atoms with Crippen LogP contribution >= 0.6 is 0 Å². The van der Waals surface area contributed by atoms with Gasteiger partial charge in [-0.1, -0.05) is 0 Å². The molecular formula is C13H15F3N2O3. The van der Waals surface area contributed by atoms with Gasteiger partial charge in [0.05, 0.1) is 16.6 Å². The maximum absolute atomic E-state index is 13.0. The van der Waals surface area contributed by atoms with E-state index < -0.39 is 22.4 Å². The predicted molar refractivity (Wildman–Crippen MR) is 70.2 cm³/mol. The summed E-state index contributed by atoms with van der Waals surface area (Å²) in [7, 11) is 1.57. The Labute approximate surface area is 119 Å². The van der Waals surface area contributed by atoms with Gasteiger partial charge >= 0.3 is 6.18 Å². The van der Waals surface area contributed by atoms with Crippen LogP contribution in [0.5, 0.6) is 0 Å². The fourth-order valence-electron chi connectivity index (χ4n) is 2.51. The van der Waals surface area contributed by atoms with Crippen molar-refractivity contribution in [3.05, 3.63) is 33.9 Å². The van der Waals surface area contributed by atoms with Gasteiger partial charge in [0.15, 0.2) is 0 Å². The number of nitro benzene ring substituents is 1. The summed E-state index contributed by atoms with van der Waals surface area (Å²) >= 11 is 0. The minimum absolute atomic E-state index is 0.0369. The lowest BCUT2D eigenvalue weighted by Gasteiger charge is -2.18. The van der Waals surface area contributed by atoms with Crippen molar-refractivity contribution in [2.24, 2.45) is 0 Å². The Morgan fingerprint density at radius 1 is 1.38 bits per heavy atom. The van der Waals surface area contributed by atoms with E-state index in [9.17, 15) is 23.3 Å². The first-order chi connectivity index (χ1) is 9.81. The predicted octanol–water partition coefficient (Wildman–Crippen LogP) is 3.59. The summed E-state index contributed by atoms with van der Waals surface area (Å²) in [6.45, 7) is 0. The number of nitrogens with zero attached hydrogens (tertiary/aromatic N) is 1. The quantitative estimate of drug-likeness (QED) is 0.682. The summed E-state index contributed by atoms with van der Waals surface area (Å²) < 4.78 is 44.2. The van der Waals surface area contributed by atoms with Crippen LogP contribution < -0.4 is 5.32 Å². The highest BCUT2D eigenvalue weighted by atomic mass is 19.4. The largest absolute Gasteiger partial charge is 0.418 e. The van der Waals surface area contributed by atoms with Crippen LogP contribution in [0.25, 0.3) is 0 Å². The lowest BCUT2D eigenvalue weighted by molar-refractivity contribution is -0.385. The number of rotatable bonds is 4. The molecule has 0 amide bonds. The van der Waals surface area contributed by atoms with Crippen LogP contribution in [0.15, 0.2) is 18.2 Å². The molecule has 0 spiro atoms. The van der Waals surface area contributed by atoms with Crippen molar-refractivity contribution in [2.45, 2.75) is 37.6 Å². The summed E-state index contributed by atoms with van der Waals surface area (Å²) in [4.78, 5) is 9.78. The number of anilines is 1. The lowest BCUT2D eigenvalue weighted by atomic mass is 10.1. The average Bonchev–Trinajstić information content (AvgIpc) is 2.85. The number of hydrogen-bond donors (Lipinski definition) is 1. The van der Waals surface area contributed by atoms with E-state index in [0.29, 0.717) is 18.9 Å². The van der Waals surface area contributed by atoms with Crippen LogP contribution in [0.1, 0.15) is 24.8 Å². The van der Waals surface area contributed by atoms with Gasteiger partial charge in [0.2, 0.25) is 0 Å². The zero-order chi connectivity index (χ0) is 15.6. The topological polar surface area (TPSA) is 64.4 Å². The molecule has 5 nitrogen and oxygen atoms in total. The molecule has 21 heavy (non-hydrogen) atoms. The van der Waals surface area contributed by atoms with Gasteiger partial charge < -0.3 is 10.1 Å². The average molecular weight is 304 g/mol. The number of benzene rings is 1. The molecule has 116 valence electrons. The Hall–Kier alpha value is -1.83. The second-order valence-electron chi connectivity index (χ2n) is 5.00. The van der Waals surface area contributed by atoms with E-state index in [2.05, 4.69) is 5.32 Å². The number of ether oxygens (including phenoxy) is 1. The van der Waals surface area contributed by atoms with Gasteiger partial charge in [-0.2, -0.15) is 13.2 Å². The van der Waals surface area contributed by atoms with Gasteiger partial charge in [-0.3, -0.25) is 10.1 Å². The smallest absolute Gasteiger partial charge is 0.382 e. The number of hydrogen-bond acceptors (Lipinski definition) is 4. The summed E-state index contributed by atoms with van der Waals surface area (Å²) in [5.41, 5.74) is -1.72. The van der Waals surface area contributed by atoms with Crippen molar-refractivity contribution in [1.29, 1.82) is 0 Å². The molecule has 1 aromatic carbocycles. The molecular weight excluding hydrogens is 289 g/mol. The van der Waals surface area contributed by atoms with Crippen molar-refractivity contribution in [1.82, 2.24) is 0 Å². The van der Waals surface area contributed by atoms with Gasteiger partial charge in [-0.05, 0) is 25.3 Å². The Morgan fingerprint density at radius 3 is 2.62 bits per heavy atom. The monoisotopic (exact) mass is 304 g/mol. The fourth-order valence-corrected chi connectivity index (χ4v) is 2.51. The minimum atomic E-state index is -4.65. The van der Waals surface area contributed by atoms with Crippen LogP contribution in [0.2, 0.25) is 0 Å². The molecule has 1 aliphatic carbocycles. The van der Waals surface area contributed by atoms with Gasteiger partial charge in [0.25, 0.3) is 5.69 Å². The van der Waals surface area contributed by atoms with Gasteiger partial charge in [-0.15, -0.1) is 0 Å². The third-order valence-electron chi connectivity index (χ3n) is 3.60. The molecule has 1 fully saturated rings. The first kappa shape index (κ1) is 15.6. The zero-order valence-corrected chi connectivity index (χ0v) is 11.3. The van der Waals surface area contributed by atoms with Gasteiger partial charge in [-0.25, -0.2) is 0 Å². The second-order valence-corrected chi connectivity index (χ2v) is 5.00. The third-order valence-corrected chi connectivity index (χ3v) is 3.60. The first-order valence-corrected chi connectivity index (χ1v) is 6.46. The third kappa shape index (κ3) is 3.63. The van der Waals surface area contributed by atoms with E-state index >= 15 is 0 Å². The first-order valence-electron chi connectivity index (χ1n) is 6.46. The summed E-state index contributed by atoms with van der Waals surface area (Å²) in [6.07, 6.45) is -2.51. The molecule has 2 unspecified atom stereocenters. The Kier molecular flexibility index (Phi) is 4.36. The molecule has 0 radical (unpaired) electrons. The number of halogens is 3. The minimum Gasteiger partial charge on any atom is -0.382 e. The molecule has 0 heterocycles. The van der Waals surface area contributed by atoms with E-state index in [0.717, 1.165) is 18.6 Å². The molecule has 1 aliphatic rings. The highest BCUT2D eigenvalue weighted by Crippen LogP contribution is 2.38. The molecule has 0 aromatic heterocycles. The number of nitro groups is 1. The molecule has 0 aliphatic heterocycles. The number of alkyl halides is 3. The van der Waals surface area contributed by atoms with E-state index in [1.165, 1.54) is 0 Å². The van der Waals surface area contributed by atoms with Crippen molar-refractivity contribution in [3.8, 4) is 0 Å². The molecule has 1 aromatic rings. The van der Waals surface area contributed by atoms with Crippen LogP contribution in [-0.4, -0.2) is 24.2 Å². The molecule has 0 bridgehead atoms. The second kappa shape index (κ2) is 5.88. The van der Waals surface area contributed by atoms with Crippen molar-refractivity contribution < 1.29 is 22.8 Å². The van der Waals surface area contributed by atoms with E-state index in [-0.39, 0.29) is 17.8 Å². The van der Waals surface area contributed by atoms with Crippen LogP contribution in [0, 0.1) is 10.1 Å². The van der Waals surface area contributed by atoms with Crippen molar-refractivity contribution >= 4 is 11.4 Å². The Morgan fingerprint density at radius 2 is 2.10 bits per heavy atom. The van der Waals surface area contributed by atoms with Crippen LogP contribution in [-0.2, 0) is 10.9 Å². The Balaban J connectivity index is 2.24. The van der Waals surface area contributed by atoms with Gasteiger partial charge in [0.1, 0.15) is 0 Å². The standard InChI is InChI=1S/C13H15F3N2O3/c1-21-10-4-2-8(6-10)17-12-5-3-9(18(19)20)7-11(12)13(14,15)16/h3,5,7-8,10,17H,2,4,6H2,1H3. The van der Waals surface area contributed by atoms with Gasteiger partial charge in [0, 0.05) is 31.0 Å². The fraction of sp³-hybridized carbons (Fsp3) is 0.538. The normalized spacial score (nSPS) is 22.3. The molecule has 2 rings (SSSR count). The molecule has 8 heteroatoms. The van der Waals surface area contributed by atoms with Crippen molar-refractivity contribution in [2.75, 3.05) is 12.4 Å². The number of methoxy groups -OCH3 is 1. The maximum Gasteiger partial charge on any atom is 0.418 e. The van der Waals surface area contributed by atoms with E-state index in [1.54, 1.807) is 7.11 Å². The molecule has 0 saturated heterocycles.